The minimum absolute atomic E-state index is 0.0541. The number of H-pyrrole nitrogens is 1. The minimum Gasteiger partial charge on any atom is -0.268 e. The fourth-order valence-electron chi connectivity index (χ4n) is 1.69. The maximum atomic E-state index is 13.6. The Balaban J connectivity index is 2.64. The molecule has 0 amide bonds. The molecule has 2 rings (SSSR count). The van der Waals surface area contributed by atoms with Crippen molar-refractivity contribution in [1.29, 1.82) is 0 Å². The molecule has 90 valence electrons. The van der Waals surface area contributed by atoms with Crippen molar-refractivity contribution in [1.82, 2.24) is 9.78 Å². The molecule has 0 unspecified atom stereocenters. The van der Waals surface area contributed by atoms with Gasteiger partial charge in [0.25, 0.3) is 5.56 Å². The summed E-state index contributed by atoms with van der Waals surface area (Å²) in [5.41, 5.74) is 0.482. The average Bonchev–Trinajstić information content (AvgIpc) is 2.60. The summed E-state index contributed by atoms with van der Waals surface area (Å²) in [5, 5.41) is 2.50. The quantitative estimate of drug-likeness (QED) is 0.857. The van der Waals surface area contributed by atoms with Crippen molar-refractivity contribution in [2.75, 3.05) is 0 Å². The zero-order chi connectivity index (χ0) is 12.6. The number of rotatable bonds is 2. The molecule has 0 spiro atoms. The van der Waals surface area contributed by atoms with Crippen LogP contribution >= 0.6 is 0 Å². The molecule has 1 heterocycles. The predicted molar refractivity (Wildman–Crippen MR) is 60.4 cm³/mol. The molecule has 0 aliphatic heterocycles. The maximum absolute atomic E-state index is 13.6. The third-order valence-corrected chi connectivity index (χ3v) is 2.50. The van der Waals surface area contributed by atoms with Gasteiger partial charge in [-0.05, 0) is 18.1 Å². The second kappa shape index (κ2) is 4.16. The molecule has 0 bridgehead atoms. The normalized spacial score (nSPS) is 11.1. The number of hydrogen-bond donors (Lipinski definition) is 1. The largest absolute Gasteiger partial charge is 0.268 e. The van der Waals surface area contributed by atoms with Crippen LogP contribution in [0.4, 0.5) is 8.78 Å². The van der Waals surface area contributed by atoms with Gasteiger partial charge >= 0.3 is 0 Å². The van der Waals surface area contributed by atoms with Gasteiger partial charge in [0, 0.05) is 17.8 Å². The minimum atomic E-state index is -0.709. The van der Waals surface area contributed by atoms with Gasteiger partial charge in [-0.3, -0.25) is 14.6 Å². The van der Waals surface area contributed by atoms with E-state index < -0.39 is 11.6 Å². The lowest BCUT2D eigenvalue weighted by Gasteiger charge is -2.11. The van der Waals surface area contributed by atoms with Crippen LogP contribution in [0.15, 0.2) is 29.1 Å². The first-order chi connectivity index (χ1) is 7.99. The topological polar surface area (TPSA) is 37.8 Å². The number of aromatic nitrogens is 2. The van der Waals surface area contributed by atoms with E-state index in [1.165, 1.54) is 16.8 Å². The molecule has 0 saturated heterocycles. The molecule has 3 nitrogen and oxygen atoms in total. The molecule has 0 saturated carbocycles. The molecule has 0 fully saturated rings. The lowest BCUT2D eigenvalue weighted by Crippen LogP contribution is -2.08. The molecule has 0 atom stereocenters. The predicted octanol–water partition coefficient (Wildman–Crippen LogP) is 2.57. The Hall–Kier alpha value is -1.91. The Morgan fingerprint density at radius 2 is 1.94 bits per heavy atom. The Bertz CT molecular complexity index is 599. The average molecular weight is 238 g/mol. The van der Waals surface area contributed by atoms with Crippen molar-refractivity contribution in [3.05, 3.63) is 51.9 Å². The van der Waals surface area contributed by atoms with E-state index in [1.54, 1.807) is 0 Å². The molecule has 0 aliphatic rings. The highest BCUT2D eigenvalue weighted by molar-refractivity contribution is 5.35. The van der Waals surface area contributed by atoms with Crippen LogP contribution < -0.4 is 5.56 Å². The summed E-state index contributed by atoms with van der Waals surface area (Å²) in [7, 11) is 0. The number of aromatic amines is 1. The van der Waals surface area contributed by atoms with E-state index in [1.807, 2.05) is 13.8 Å². The molecule has 1 aromatic heterocycles. The van der Waals surface area contributed by atoms with Gasteiger partial charge in [-0.2, -0.15) is 0 Å². The number of nitrogens with one attached hydrogen (secondary N) is 1. The van der Waals surface area contributed by atoms with E-state index in [2.05, 4.69) is 5.10 Å². The van der Waals surface area contributed by atoms with Crippen molar-refractivity contribution in [3.63, 3.8) is 0 Å². The summed E-state index contributed by atoms with van der Waals surface area (Å²) in [6.07, 6.45) is 0. The highest BCUT2D eigenvalue weighted by Gasteiger charge is 2.13. The number of halogens is 2. The highest BCUT2D eigenvalue weighted by Crippen LogP contribution is 2.19. The van der Waals surface area contributed by atoms with E-state index in [0.717, 1.165) is 12.1 Å². The first-order valence-corrected chi connectivity index (χ1v) is 5.26. The number of nitrogens with zero attached hydrogens (tertiary/aromatic N) is 1. The van der Waals surface area contributed by atoms with Crippen LogP contribution in [0.25, 0.3) is 5.69 Å². The Morgan fingerprint density at radius 3 is 2.53 bits per heavy atom. The van der Waals surface area contributed by atoms with Gasteiger partial charge in [0.1, 0.15) is 5.82 Å². The zero-order valence-corrected chi connectivity index (χ0v) is 9.50. The highest BCUT2D eigenvalue weighted by atomic mass is 19.1. The Labute approximate surface area is 96.7 Å². The third kappa shape index (κ3) is 2.13. The summed E-state index contributed by atoms with van der Waals surface area (Å²) in [6, 6.07) is 4.65. The molecule has 0 aliphatic carbocycles. The van der Waals surface area contributed by atoms with Gasteiger partial charge in [-0.25, -0.2) is 8.78 Å². The molecule has 1 aromatic carbocycles. The van der Waals surface area contributed by atoms with Crippen molar-refractivity contribution < 1.29 is 8.78 Å². The van der Waals surface area contributed by atoms with E-state index in [9.17, 15) is 13.6 Å². The number of hydrogen-bond acceptors (Lipinski definition) is 1. The Kier molecular flexibility index (Phi) is 2.83. The Morgan fingerprint density at radius 1 is 1.24 bits per heavy atom. The van der Waals surface area contributed by atoms with Gasteiger partial charge in [-0.15, -0.1) is 0 Å². The summed E-state index contributed by atoms with van der Waals surface area (Å²) < 4.78 is 27.8. The molecule has 17 heavy (non-hydrogen) atoms. The first kappa shape index (κ1) is 11.6. The molecule has 2 aromatic rings. The van der Waals surface area contributed by atoms with Crippen LogP contribution in [0, 0.1) is 11.6 Å². The van der Waals surface area contributed by atoms with Gasteiger partial charge < -0.3 is 0 Å². The summed E-state index contributed by atoms with van der Waals surface area (Å²) >= 11 is 0. The zero-order valence-electron chi connectivity index (χ0n) is 9.50. The van der Waals surface area contributed by atoms with Gasteiger partial charge in [-0.1, -0.05) is 13.8 Å². The molecular formula is C12H12F2N2O. The standard InChI is InChI=1S/C12H12F2N2O/c1-7(2)11-6-12(17)15-16(11)10-4-3-8(13)5-9(10)14/h3-7H,1-2H3,(H,15,17). The summed E-state index contributed by atoms with van der Waals surface area (Å²) in [5.74, 6) is -1.30. The van der Waals surface area contributed by atoms with Crippen LogP contribution in [0.1, 0.15) is 25.5 Å². The van der Waals surface area contributed by atoms with Crippen LogP contribution in [0.5, 0.6) is 0 Å². The van der Waals surface area contributed by atoms with E-state index in [0.29, 0.717) is 5.69 Å². The van der Waals surface area contributed by atoms with Crippen molar-refractivity contribution in [2.24, 2.45) is 0 Å². The van der Waals surface area contributed by atoms with E-state index >= 15 is 0 Å². The maximum Gasteiger partial charge on any atom is 0.264 e. The molecule has 1 N–H and O–H groups in total. The third-order valence-electron chi connectivity index (χ3n) is 2.50. The van der Waals surface area contributed by atoms with E-state index in [4.69, 9.17) is 0 Å². The lowest BCUT2D eigenvalue weighted by molar-refractivity contribution is 0.569. The van der Waals surface area contributed by atoms with Crippen LogP contribution in [-0.4, -0.2) is 9.78 Å². The first-order valence-electron chi connectivity index (χ1n) is 5.26. The van der Waals surface area contributed by atoms with Crippen LogP contribution in [0.2, 0.25) is 0 Å². The molecule has 0 radical (unpaired) electrons. The van der Waals surface area contributed by atoms with Gasteiger partial charge in [0.2, 0.25) is 0 Å². The van der Waals surface area contributed by atoms with Crippen molar-refractivity contribution in [2.45, 2.75) is 19.8 Å². The molecular weight excluding hydrogens is 226 g/mol. The SMILES string of the molecule is CC(C)c1cc(=O)[nH]n1-c1ccc(F)cc1F. The fraction of sp³-hybridized carbons (Fsp3) is 0.250. The monoisotopic (exact) mass is 238 g/mol. The van der Waals surface area contributed by atoms with Crippen LogP contribution in [-0.2, 0) is 0 Å². The van der Waals surface area contributed by atoms with E-state index in [-0.39, 0.29) is 17.2 Å². The van der Waals surface area contributed by atoms with Gasteiger partial charge in [0.05, 0.1) is 5.69 Å². The van der Waals surface area contributed by atoms with Crippen molar-refractivity contribution >= 4 is 0 Å². The summed E-state index contributed by atoms with van der Waals surface area (Å²) in [6.45, 7) is 3.78. The second-order valence-electron chi connectivity index (χ2n) is 4.13. The molecule has 5 heteroatoms. The fourth-order valence-corrected chi connectivity index (χ4v) is 1.69. The smallest absolute Gasteiger partial charge is 0.264 e. The lowest BCUT2D eigenvalue weighted by atomic mass is 10.1. The second-order valence-corrected chi connectivity index (χ2v) is 4.13. The number of benzene rings is 1. The van der Waals surface area contributed by atoms with Gasteiger partial charge in [0.15, 0.2) is 5.82 Å². The van der Waals surface area contributed by atoms with Crippen molar-refractivity contribution in [3.8, 4) is 5.69 Å². The summed E-state index contributed by atoms with van der Waals surface area (Å²) in [4.78, 5) is 11.3. The van der Waals surface area contributed by atoms with Crippen LogP contribution in [0.3, 0.4) is 0 Å².